The number of nitrogens with zero attached hydrogens (tertiary/aromatic N) is 3. The molecule has 4 rings (SSSR count). The van der Waals surface area contributed by atoms with Gasteiger partial charge in [0.2, 0.25) is 5.95 Å². The Bertz CT molecular complexity index is 1140. The van der Waals surface area contributed by atoms with Gasteiger partial charge in [-0.1, -0.05) is 48.3 Å². The highest BCUT2D eigenvalue weighted by Crippen LogP contribution is 2.34. The van der Waals surface area contributed by atoms with Gasteiger partial charge in [-0.05, 0) is 57.2 Å². The lowest BCUT2D eigenvalue weighted by atomic mass is 10.0. The van der Waals surface area contributed by atoms with Crippen molar-refractivity contribution >= 4 is 33.8 Å². The highest BCUT2D eigenvalue weighted by Gasteiger charge is 2.22. The topological polar surface area (TPSA) is 129 Å². The molecule has 8 nitrogen and oxygen atoms in total. The van der Waals surface area contributed by atoms with Gasteiger partial charge >= 0.3 is 0 Å². The van der Waals surface area contributed by atoms with Crippen molar-refractivity contribution in [3.05, 3.63) is 68.6 Å². The summed E-state index contributed by atoms with van der Waals surface area (Å²) in [7, 11) is -0.129. The van der Waals surface area contributed by atoms with E-state index in [0.29, 0.717) is 11.9 Å². The molecular weight excluding hydrogens is 504 g/mol. The summed E-state index contributed by atoms with van der Waals surface area (Å²) in [5.74, 6) is 1.47. The highest BCUT2D eigenvalue weighted by atomic mass is 32.2. The fourth-order valence-electron chi connectivity index (χ4n) is 3.74. The SMILES string of the molecule is CC(C)(O)O.CCC(CN)CCNc1nc(NCc2cccs2)nc(C)c1CS1=NC2=C1C=CC=CC2. The van der Waals surface area contributed by atoms with Gasteiger partial charge in [-0.3, -0.25) is 0 Å². The second-order valence-corrected chi connectivity index (χ2v) is 12.2. The molecular formula is C27H40N6O2S2. The number of nitrogens with two attached hydrogens (primary N) is 1. The van der Waals surface area contributed by atoms with Gasteiger partial charge in [0.25, 0.3) is 0 Å². The molecule has 0 saturated carbocycles. The number of aryl methyl sites for hydroxylation is 1. The average molecular weight is 545 g/mol. The van der Waals surface area contributed by atoms with Crippen molar-refractivity contribution in [2.75, 3.05) is 23.7 Å². The third-order valence-electron chi connectivity index (χ3n) is 5.82. The molecule has 0 spiro atoms. The van der Waals surface area contributed by atoms with Crippen LogP contribution in [0.5, 0.6) is 0 Å². The van der Waals surface area contributed by atoms with Gasteiger partial charge in [-0.2, -0.15) is 4.98 Å². The number of nitrogens with one attached hydrogen (secondary N) is 2. The minimum atomic E-state index is -1.50. The van der Waals surface area contributed by atoms with E-state index in [1.807, 2.05) is 0 Å². The second-order valence-electron chi connectivity index (χ2n) is 9.52. The van der Waals surface area contributed by atoms with Crippen LogP contribution in [0, 0.1) is 12.8 Å². The Labute approximate surface area is 226 Å². The van der Waals surface area contributed by atoms with Crippen LogP contribution in [0.15, 0.2) is 56.8 Å². The summed E-state index contributed by atoms with van der Waals surface area (Å²) in [6, 6.07) is 4.18. The quantitative estimate of drug-likeness (QED) is 0.252. The predicted octanol–water partition coefficient (Wildman–Crippen LogP) is 5.00. The van der Waals surface area contributed by atoms with Crippen molar-refractivity contribution in [2.24, 2.45) is 16.0 Å². The highest BCUT2D eigenvalue weighted by molar-refractivity contribution is 7.91. The Balaban J connectivity index is 0.000000695. The van der Waals surface area contributed by atoms with Crippen molar-refractivity contribution in [3.8, 4) is 0 Å². The Kier molecular flexibility index (Phi) is 11.0. The van der Waals surface area contributed by atoms with E-state index in [-0.39, 0.29) is 10.7 Å². The molecule has 6 N–H and O–H groups in total. The molecule has 10 heteroatoms. The van der Waals surface area contributed by atoms with Gasteiger partial charge in [0.15, 0.2) is 5.79 Å². The van der Waals surface area contributed by atoms with Crippen molar-refractivity contribution in [3.63, 3.8) is 0 Å². The van der Waals surface area contributed by atoms with Gasteiger partial charge in [-0.25, -0.2) is 9.35 Å². The van der Waals surface area contributed by atoms with E-state index in [9.17, 15) is 0 Å². The molecule has 0 fully saturated rings. The van der Waals surface area contributed by atoms with Crippen LogP contribution in [0.1, 0.15) is 56.2 Å². The zero-order valence-electron chi connectivity index (χ0n) is 22.2. The summed E-state index contributed by atoms with van der Waals surface area (Å²) in [5.41, 5.74) is 9.29. The number of allylic oxidation sites excluding steroid dienone is 4. The van der Waals surface area contributed by atoms with E-state index in [4.69, 9.17) is 30.3 Å². The van der Waals surface area contributed by atoms with Gasteiger partial charge in [0, 0.05) is 39.8 Å². The van der Waals surface area contributed by atoms with E-state index in [1.165, 1.54) is 29.3 Å². The van der Waals surface area contributed by atoms with Gasteiger partial charge in [-0.15, -0.1) is 11.3 Å². The molecule has 0 saturated heterocycles. The zero-order valence-corrected chi connectivity index (χ0v) is 23.8. The van der Waals surface area contributed by atoms with Crippen molar-refractivity contribution in [2.45, 2.75) is 65.0 Å². The molecule has 1 aliphatic carbocycles. The van der Waals surface area contributed by atoms with Gasteiger partial charge < -0.3 is 26.6 Å². The third-order valence-corrected chi connectivity index (χ3v) is 8.57. The van der Waals surface area contributed by atoms with E-state index >= 15 is 0 Å². The Morgan fingerprint density at radius 1 is 1.22 bits per heavy atom. The van der Waals surface area contributed by atoms with Crippen LogP contribution in [0.25, 0.3) is 0 Å². The lowest BCUT2D eigenvalue weighted by Gasteiger charge is -2.23. The zero-order chi connectivity index (χ0) is 26.8. The third kappa shape index (κ3) is 9.46. The number of aromatic nitrogens is 2. The normalized spacial score (nSPS) is 17.1. The fraction of sp³-hybridized carbons (Fsp3) is 0.481. The molecule has 2 aliphatic rings. The van der Waals surface area contributed by atoms with E-state index in [1.54, 1.807) is 11.3 Å². The molecule has 2 atom stereocenters. The summed E-state index contributed by atoms with van der Waals surface area (Å²) in [6.45, 7) is 9.18. The van der Waals surface area contributed by atoms with Gasteiger partial charge in [0.1, 0.15) is 5.82 Å². The van der Waals surface area contributed by atoms with Crippen LogP contribution in [-0.4, -0.2) is 39.1 Å². The molecule has 0 bridgehead atoms. The number of hydrogen-bond acceptors (Lipinski definition) is 9. The molecule has 37 heavy (non-hydrogen) atoms. The molecule has 2 unspecified atom stereocenters. The molecule has 0 aromatic carbocycles. The van der Waals surface area contributed by atoms with E-state index in [0.717, 1.165) is 61.7 Å². The van der Waals surface area contributed by atoms with Crippen molar-refractivity contribution in [1.82, 2.24) is 9.97 Å². The van der Waals surface area contributed by atoms with Crippen LogP contribution < -0.4 is 16.4 Å². The number of anilines is 2. The Hall–Kier alpha value is -2.37. The number of thiophene rings is 1. The van der Waals surface area contributed by atoms with Gasteiger partial charge in [0.05, 0.1) is 12.2 Å². The maximum absolute atomic E-state index is 8.08. The van der Waals surface area contributed by atoms with E-state index < -0.39 is 5.79 Å². The molecule has 3 heterocycles. The number of aliphatic hydroxyl groups is 2. The first-order valence-electron chi connectivity index (χ1n) is 12.7. The van der Waals surface area contributed by atoms with Crippen molar-refractivity contribution < 1.29 is 10.2 Å². The summed E-state index contributed by atoms with van der Waals surface area (Å²) >= 11 is 1.73. The van der Waals surface area contributed by atoms with Crippen LogP contribution in [0.4, 0.5) is 11.8 Å². The standard InChI is InChI=1S/C24H32N6S2.C3H8O2/c1-3-18(14-25)11-12-26-23-20(16-32-22-10-6-4-5-9-21(22)30-32)17(2)28-24(29-23)27-15-19-8-7-13-31-19;1-3(2,4)5/h4-8,10,13,18H,3,9,11-12,14-16,25H2,1-2H3,(H2,26,27,28,29);4-5H,1-2H3. The minimum absolute atomic E-state index is 0.129. The van der Waals surface area contributed by atoms with E-state index in [2.05, 4.69) is 66.3 Å². The molecule has 2 aromatic heterocycles. The summed E-state index contributed by atoms with van der Waals surface area (Å²) in [6.07, 6.45) is 11.7. The molecule has 0 amide bonds. The lowest BCUT2D eigenvalue weighted by molar-refractivity contribution is -0.127. The van der Waals surface area contributed by atoms with Crippen LogP contribution in [-0.2, 0) is 23.0 Å². The molecule has 202 valence electrons. The maximum Gasteiger partial charge on any atom is 0.225 e. The summed E-state index contributed by atoms with van der Waals surface area (Å²) < 4.78 is 4.90. The smallest absolute Gasteiger partial charge is 0.225 e. The first-order valence-corrected chi connectivity index (χ1v) is 14.9. The lowest BCUT2D eigenvalue weighted by Crippen LogP contribution is -2.19. The predicted molar refractivity (Wildman–Crippen MR) is 156 cm³/mol. The molecule has 0 radical (unpaired) electrons. The fourth-order valence-corrected chi connectivity index (χ4v) is 6.27. The monoisotopic (exact) mass is 544 g/mol. The first-order chi connectivity index (χ1) is 17.7. The van der Waals surface area contributed by atoms with Crippen LogP contribution in [0.3, 0.4) is 0 Å². The maximum atomic E-state index is 8.08. The Morgan fingerprint density at radius 2 is 2.00 bits per heavy atom. The molecule has 2 aromatic rings. The summed E-state index contributed by atoms with van der Waals surface area (Å²) in [5, 5.41) is 25.2. The molecule has 1 aliphatic heterocycles. The van der Waals surface area contributed by atoms with Crippen LogP contribution in [0.2, 0.25) is 0 Å². The average Bonchev–Trinajstić information content (AvgIpc) is 3.28. The number of rotatable bonds is 11. The largest absolute Gasteiger partial charge is 0.370 e. The Morgan fingerprint density at radius 3 is 2.68 bits per heavy atom. The number of hydrogen-bond donors (Lipinski definition) is 5. The first kappa shape index (κ1) is 29.2. The minimum Gasteiger partial charge on any atom is -0.370 e. The van der Waals surface area contributed by atoms with Crippen molar-refractivity contribution in [1.29, 1.82) is 0 Å². The second kappa shape index (κ2) is 14.0. The summed E-state index contributed by atoms with van der Waals surface area (Å²) in [4.78, 5) is 12.3. The van der Waals surface area contributed by atoms with Crippen LogP contribution >= 0.6 is 11.3 Å².